The van der Waals surface area contributed by atoms with Crippen LogP contribution in [0.15, 0.2) is 0 Å². The average Bonchev–Trinajstić information content (AvgIpc) is 2.15. The third kappa shape index (κ3) is 7.15. The quantitative estimate of drug-likeness (QED) is 0.637. The summed E-state index contributed by atoms with van der Waals surface area (Å²) in [6.45, 7) is 2.60. The predicted molar refractivity (Wildman–Crippen MR) is 58.7 cm³/mol. The molecule has 3 nitrogen and oxygen atoms in total. The molecule has 0 rings (SSSR count). The second-order valence-corrected chi connectivity index (χ2v) is 3.68. The molecule has 0 saturated heterocycles. The summed E-state index contributed by atoms with van der Waals surface area (Å²) in [5.74, 6) is 0.640. The van der Waals surface area contributed by atoms with Gasteiger partial charge in [0.15, 0.2) is 0 Å². The van der Waals surface area contributed by atoms with Crippen molar-refractivity contribution in [2.24, 2.45) is 0 Å². The van der Waals surface area contributed by atoms with Crippen LogP contribution in [-0.4, -0.2) is 31.5 Å². The first-order valence-corrected chi connectivity index (χ1v) is 5.62. The number of hydrogen-bond donors (Lipinski definition) is 1. The molecule has 0 bridgehead atoms. The Morgan fingerprint density at radius 2 is 2.29 bits per heavy atom. The third-order valence-electron chi connectivity index (χ3n) is 1.95. The minimum Gasteiger partial charge on any atom is -0.383 e. The number of halogens is 1. The van der Waals surface area contributed by atoms with Crippen molar-refractivity contribution < 1.29 is 9.53 Å². The number of hydrogen-bond acceptors (Lipinski definition) is 2. The van der Waals surface area contributed by atoms with E-state index in [0.29, 0.717) is 18.9 Å². The van der Waals surface area contributed by atoms with E-state index in [2.05, 4.69) is 12.2 Å². The molecule has 0 aliphatic carbocycles. The maximum absolute atomic E-state index is 11.4. The van der Waals surface area contributed by atoms with Crippen molar-refractivity contribution in [1.29, 1.82) is 0 Å². The van der Waals surface area contributed by atoms with Crippen LogP contribution in [0, 0.1) is 0 Å². The van der Waals surface area contributed by atoms with Gasteiger partial charge < -0.3 is 10.1 Å². The van der Waals surface area contributed by atoms with Crippen LogP contribution in [-0.2, 0) is 9.53 Å². The van der Waals surface area contributed by atoms with Crippen LogP contribution in [0.5, 0.6) is 0 Å². The lowest BCUT2D eigenvalue weighted by atomic mass is 10.2. The number of amides is 1. The Morgan fingerprint density at radius 1 is 1.57 bits per heavy atom. The van der Waals surface area contributed by atoms with Crippen LogP contribution >= 0.6 is 11.6 Å². The highest BCUT2D eigenvalue weighted by Gasteiger charge is 2.10. The summed E-state index contributed by atoms with van der Waals surface area (Å²) in [6.07, 6.45) is 3.33. The van der Waals surface area contributed by atoms with Crippen molar-refractivity contribution in [2.75, 3.05) is 19.6 Å². The first-order valence-electron chi connectivity index (χ1n) is 5.08. The molecule has 4 heteroatoms. The van der Waals surface area contributed by atoms with Crippen molar-refractivity contribution in [2.45, 2.75) is 38.6 Å². The van der Waals surface area contributed by atoms with Crippen LogP contribution in [0.3, 0.4) is 0 Å². The fraction of sp³-hybridized carbons (Fsp3) is 0.900. The van der Waals surface area contributed by atoms with Gasteiger partial charge in [-0.15, -0.1) is 11.6 Å². The lowest BCUT2D eigenvalue weighted by molar-refractivity contribution is -0.122. The molecule has 1 atom stereocenters. The average molecular weight is 222 g/mol. The van der Waals surface area contributed by atoms with Crippen molar-refractivity contribution in [1.82, 2.24) is 5.32 Å². The Kier molecular flexibility index (Phi) is 9.10. The number of nitrogens with one attached hydrogen (secondary N) is 1. The molecule has 0 radical (unpaired) electrons. The van der Waals surface area contributed by atoms with Gasteiger partial charge in [-0.25, -0.2) is 0 Å². The second-order valence-electron chi connectivity index (χ2n) is 3.30. The molecule has 0 aliphatic heterocycles. The Bertz CT molecular complexity index is 147. The van der Waals surface area contributed by atoms with Crippen LogP contribution in [0.2, 0.25) is 0 Å². The molecule has 0 aliphatic rings. The third-order valence-corrected chi connectivity index (χ3v) is 2.17. The normalized spacial score (nSPS) is 12.5. The molecule has 14 heavy (non-hydrogen) atoms. The van der Waals surface area contributed by atoms with Crippen LogP contribution in [0.25, 0.3) is 0 Å². The molecular formula is C10H20ClNO2. The molecule has 0 saturated carbocycles. The largest absolute Gasteiger partial charge is 0.383 e. The lowest BCUT2D eigenvalue weighted by Crippen LogP contribution is -2.38. The Morgan fingerprint density at radius 3 is 2.79 bits per heavy atom. The van der Waals surface area contributed by atoms with E-state index < -0.39 is 0 Å². The first kappa shape index (κ1) is 13.7. The van der Waals surface area contributed by atoms with Crippen molar-refractivity contribution >= 4 is 17.5 Å². The Hall–Kier alpha value is -0.280. The van der Waals surface area contributed by atoms with Gasteiger partial charge in [0.25, 0.3) is 0 Å². The first-order chi connectivity index (χ1) is 6.74. The predicted octanol–water partition coefficient (Wildman–Crippen LogP) is 1.94. The van der Waals surface area contributed by atoms with Crippen LogP contribution < -0.4 is 5.32 Å². The van der Waals surface area contributed by atoms with E-state index in [1.807, 2.05) is 0 Å². The zero-order valence-electron chi connectivity index (χ0n) is 9.01. The summed E-state index contributed by atoms with van der Waals surface area (Å²) in [7, 11) is 1.62. The molecule has 0 fully saturated rings. The van der Waals surface area contributed by atoms with Gasteiger partial charge in [-0.1, -0.05) is 13.3 Å². The standard InChI is InChI=1S/C10H20ClNO2/c1-3-4-5-10(13)12-9(6-7-11)8-14-2/h9H,3-8H2,1-2H3,(H,12,13). The number of methoxy groups -OCH3 is 1. The summed E-state index contributed by atoms with van der Waals surface area (Å²) >= 11 is 5.61. The summed E-state index contributed by atoms with van der Waals surface area (Å²) in [6, 6.07) is 0.0573. The molecule has 1 N–H and O–H groups in total. The fourth-order valence-corrected chi connectivity index (χ4v) is 1.43. The summed E-state index contributed by atoms with van der Waals surface area (Å²) in [5.41, 5.74) is 0. The van der Waals surface area contributed by atoms with Gasteiger partial charge in [0.2, 0.25) is 5.91 Å². The minimum atomic E-state index is 0.0573. The van der Waals surface area contributed by atoms with Gasteiger partial charge in [0, 0.05) is 19.4 Å². The van der Waals surface area contributed by atoms with Crippen molar-refractivity contribution in [3.63, 3.8) is 0 Å². The van der Waals surface area contributed by atoms with E-state index in [4.69, 9.17) is 16.3 Å². The van der Waals surface area contributed by atoms with Crippen LogP contribution in [0.4, 0.5) is 0 Å². The summed E-state index contributed by atoms with van der Waals surface area (Å²) in [5, 5.41) is 2.91. The molecular weight excluding hydrogens is 202 g/mol. The number of unbranched alkanes of at least 4 members (excludes halogenated alkanes) is 1. The van der Waals surface area contributed by atoms with E-state index in [-0.39, 0.29) is 11.9 Å². The fourth-order valence-electron chi connectivity index (χ4n) is 1.17. The van der Waals surface area contributed by atoms with Gasteiger partial charge in [-0.3, -0.25) is 4.79 Å². The number of alkyl halides is 1. The molecule has 0 heterocycles. The van der Waals surface area contributed by atoms with Crippen molar-refractivity contribution in [3.05, 3.63) is 0 Å². The highest BCUT2D eigenvalue weighted by molar-refractivity contribution is 6.17. The molecule has 0 aromatic rings. The highest BCUT2D eigenvalue weighted by atomic mass is 35.5. The maximum Gasteiger partial charge on any atom is 0.220 e. The molecule has 0 aromatic heterocycles. The maximum atomic E-state index is 11.4. The Labute approximate surface area is 91.2 Å². The summed E-state index contributed by atoms with van der Waals surface area (Å²) < 4.78 is 4.99. The van der Waals surface area contributed by atoms with Gasteiger partial charge in [-0.2, -0.15) is 0 Å². The van der Waals surface area contributed by atoms with E-state index in [1.54, 1.807) is 7.11 Å². The van der Waals surface area contributed by atoms with Gasteiger partial charge in [0.05, 0.1) is 12.6 Å². The Balaban J connectivity index is 3.71. The SMILES string of the molecule is CCCCC(=O)NC(CCCl)COC. The van der Waals surface area contributed by atoms with E-state index in [9.17, 15) is 4.79 Å². The number of rotatable bonds is 8. The molecule has 0 spiro atoms. The molecule has 1 amide bonds. The second kappa shape index (κ2) is 9.28. The van der Waals surface area contributed by atoms with Gasteiger partial charge in [-0.05, 0) is 12.8 Å². The van der Waals surface area contributed by atoms with Crippen molar-refractivity contribution in [3.8, 4) is 0 Å². The van der Waals surface area contributed by atoms with E-state index in [0.717, 1.165) is 19.3 Å². The topological polar surface area (TPSA) is 38.3 Å². The van der Waals surface area contributed by atoms with E-state index in [1.165, 1.54) is 0 Å². The number of carbonyl (C=O) groups is 1. The van der Waals surface area contributed by atoms with Gasteiger partial charge in [0.1, 0.15) is 0 Å². The molecule has 0 aromatic carbocycles. The zero-order chi connectivity index (χ0) is 10.8. The lowest BCUT2D eigenvalue weighted by Gasteiger charge is -2.16. The highest BCUT2D eigenvalue weighted by Crippen LogP contribution is 1.99. The minimum absolute atomic E-state index is 0.0573. The molecule has 84 valence electrons. The zero-order valence-corrected chi connectivity index (χ0v) is 9.77. The monoisotopic (exact) mass is 221 g/mol. The smallest absolute Gasteiger partial charge is 0.220 e. The van der Waals surface area contributed by atoms with E-state index >= 15 is 0 Å². The molecule has 1 unspecified atom stereocenters. The van der Waals surface area contributed by atoms with Gasteiger partial charge >= 0.3 is 0 Å². The number of carbonyl (C=O) groups excluding carboxylic acids is 1. The summed E-state index contributed by atoms with van der Waals surface area (Å²) in [4.78, 5) is 11.4. The van der Waals surface area contributed by atoms with Crippen LogP contribution in [0.1, 0.15) is 32.6 Å². The number of ether oxygens (including phenoxy) is 1.